The average Bonchev–Trinajstić information content (AvgIpc) is 3.55. The largest absolute Gasteiger partial charge is 0.450 e. The van der Waals surface area contributed by atoms with Gasteiger partial charge in [0, 0.05) is 32.2 Å². The average molecular weight is 407 g/mol. The lowest BCUT2D eigenvalue weighted by Crippen LogP contribution is -2.10. The number of ether oxygens (including phenoxy) is 1. The smallest absolute Gasteiger partial charge is 0.346 e. The van der Waals surface area contributed by atoms with Crippen molar-refractivity contribution < 1.29 is 23.1 Å². The molecule has 0 saturated carbocycles. The Hall–Kier alpha value is -2.32. The lowest BCUT2D eigenvalue weighted by Gasteiger charge is -2.24. The zero-order valence-electron chi connectivity index (χ0n) is 15.2. The van der Waals surface area contributed by atoms with Gasteiger partial charge in [-0.05, 0) is 48.9 Å². The van der Waals surface area contributed by atoms with Crippen LogP contribution in [0, 0.1) is 15.9 Å². The van der Waals surface area contributed by atoms with Gasteiger partial charge < -0.3 is 4.74 Å². The zero-order chi connectivity index (χ0) is 19.9. The van der Waals surface area contributed by atoms with Gasteiger partial charge in [0.1, 0.15) is 11.6 Å². The molecule has 2 fully saturated rings. The molecule has 4 rings (SSSR count). The van der Waals surface area contributed by atoms with Gasteiger partial charge in [0.2, 0.25) is 5.75 Å². The van der Waals surface area contributed by atoms with Crippen LogP contribution >= 0.6 is 7.67 Å². The predicted octanol–water partition coefficient (Wildman–Crippen LogP) is 4.34. The van der Waals surface area contributed by atoms with Crippen LogP contribution in [-0.4, -0.2) is 40.4 Å². The Labute approximate surface area is 161 Å². The van der Waals surface area contributed by atoms with E-state index < -0.39 is 24.5 Å². The van der Waals surface area contributed by atoms with Crippen LogP contribution in [-0.2, 0) is 9.09 Å². The number of nitro groups is 1. The first-order chi connectivity index (χ1) is 13.4. The van der Waals surface area contributed by atoms with Crippen molar-refractivity contribution in [2.75, 3.05) is 26.2 Å². The highest BCUT2D eigenvalue weighted by Crippen LogP contribution is 2.63. The van der Waals surface area contributed by atoms with E-state index in [4.69, 9.17) is 9.26 Å². The van der Waals surface area contributed by atoms with Crippen molar-refractivity contribution in [3.05, 3.63) is 64.0 Å². The topological polar surface area (TPSA) is 84.7 Å². The summed E-state index contributed by atoms with van der Waals surface area (Å²) in [6.07, 6.45) is -0.552. The molecule has 28 heavy (non-hydrogen) atoms. The first kappa shape index (κ1) is 19.0. The quantitative estimate of drug-likeness (QED) is 0.278. The Morgan fingerprint density at radius 3 is 2.25 bits per heavy atom. The van der Waals surface area contributed by atoms with Crippen LogP contribution in [0.3, 0.4) is 0 Å². The van der Waals surface area contributed by atoms with Crippen LogP contribution in [0.1, 0.15) is 18.6 Å². The summed E-state index contributed by atoms with van der Waals surface area (Å²) in [4.78, 5) is 10.8. The normalized spacial score (nSPS) is 17.9. The van der Waals surface area contributed by atoms with Gasteiger partial charge >= 0.3 is 13.4 Å². The number of nitro benzene ring substituents is 1. The fraction of sp³-hybridized carbons (Fsp3) is 0.333. The Bertz CT molecular complexity index is 931. The molecule has 8 nitrogen and oxygen atoms in total. The second-order valence-electron chi connectivity index (χ2n) is 6.69. The number of hydrogen-bond donors (Lipinski definition) is 0. The van der Waals surface area contributed by atoms with Crippen LogP contribution in [0.15, 0.2) is 42.5 Å². The predicted molar refractivity (Wildman–Crippen MR) is 99.8 cm³/mol. The monoisotopic (exact) mass is 407 g/mol. The van der Waals surface area contributed by atoms with Gasteiger partial charge in [-0.1, -0.05) is 0 Å². The molecule has 0 bridgehead atoms. The molecule has 0 amide bonds. The van der Waals surface area contributed by atoms with Gasteiger partial charge in [0.15, 0.2) is 0 Å². The maximum Gasteiger partial charge on any atom is 0.346 e. The number of halogens is 1. The number of rotatable bonds is 8. The van der Waals surface area contributed by atoms with E-state index in [1.807, 2.05) is 0 Å². The van der Waals surface area contributed by atoms with Gasteiger partial charge in [0.25, 0.3) is 0 Å². The Morgan fingerprint density at radius 2 is 1.71 bits per heavy atom. The van der Waals surface area contributed by atoms with E-state index in [-0.39, 0.29) is 17.2 Å². The van der Waals surface area contributed by atoms with E-state index in [2.05, 4.69) is 0 Å². The van der Waals surface area contributed by atoms with Gasteiger partial charge in [-0.3, -0.25) is 19.2 Å². The summed E-state index contributed by atoms with van der Waals surface area (Å²) < 4.78 is 41.4. The minimum absolute atomic E-state index is 0.0119. The number of nitrogens with zero attached hydrogens (tertiary/aromatic N) is 3. The molecule has 0 aliphatic carbocycles. The van der Waals surface area contributed by atoms with Gasteiger partial charge in [-0.15, -0.1) is 0 Å². The van der Waals surface area contributed by atoms with E-state index in [1.165, 1.54) is 36.4 Å². The van der Waals surface area contributed by atoms with Gasteiger partial charge in [-0.25, -0.2) is 13.7 Å². The van der Waals surface area contributed by atoms with Crippen molar-refractivity contribution >= 4 is 13.4 Å². The summed E-state index contributed by atoms with van der Waals surface area (Å²) >= 11 is 0. The SMILES string of the molecule is CC(OP(=O)(N1CC1)N1CC1)c1ccc([N+](=O)[O-])c(Oc2ccc(F)cc2)c1. The zero-order valence-corrected chi connectivity index (χ0v) is 16.0. The molecular formula is C18H19FN3O5P. The van der Waals surface area contributed by atoms with Crippen LogP contribution in [0.5, 0.6) is 11.5 Å². The Balaban J connectivity index is 1.59. The molecule has 1 unspecified atom stereocenters. The van der Waals surface area contributed by atoms with E-state index in [0.29, 0.717) is 5.56 Å². The maximum atomic E-state index is 13.2. The maximum absolute atomic E-state index is 13.2. The molecule has 148 valence electrons. The molecule has 0 spiro atoms. The summed E-state index contributed by atoms with van der Waals surface area (Å²) in [5.41, 5.74) is 0.381. The third kappa shape index (κ3) is 3.93. The highest BCUT2D eigenvalue weighted by atomic mass is 31.2. The highest BCUT2D eigenvalue weighted by molar-refractivity contribution is 7.54. The van der Waals surface area contributed by atoms with E-state index in [9.17, 15) is 19.1 Å². The lowest BCUT2D eigenvalue weighted by molar-refractivity contribution is -0.385. The first-order valence-corrected chi connectivity index (χ1v) is 10.4. The molecule has 0 radical (unpaired) electrons. The fourth-order valence-electron chi connectivity index (χ4n) is 2.82. The molecule has 2 heterocycles. The number of hydrogen-bond acceptors (Lipinski definition) is 5. The minimum Gasteiger partial charge on any atom is -0.450 e. The molecule has 2 saturated heterocycles. The molecule has 0 aromatic heterocycles. The van der Waals surface area contributed by atoms with E-state index >= 15 is 0 Å². The van der Waals surface area contributed by atoms with Crippen molar-refractivity contribution in [2.24, 2.45) is 0 Å². The van der Waals surface area contributed by atoms with Crippen LogP contribution < -0.4 is 4.74 Å². The molecule has 10 heteroatoms. The van der Waals surface area contributed by atoms with E-state index in [1.54, 1.807) is 22.3 Å². The first-order valence-electron chi connectivity index (χ1n) is 8.88. The second kappa shape index (κ2) is 7.25. The summed E-state index contributed by atoms with van der Waals surface area (Å²) in [6, 6.07) is 9.59. The van der Waals surface area contributed by atoms with Crippen molar-refractivity contribution in [1.29, 1.82) is 0 Å². The molecule has 0 N–H and O–H groups in total. The van der Waals surface area contributed by atoms with Gasteiger partial charge in [0.05, 0.1) is 11.0 Å². The molecule has 1 atom stereocenters. The van der Waals surface area contributed by atoms with Crippen molar-refractivity contribution in [2.45, 2.75) is 13.0 Å². The van der Waals surface area contributed by atoms with Gasteiger partial charge in [-0.2, -0.15) is 0 Å². The van der Waals surface area contributed by atoms with Crippen molar-refractivity contribution in [3.63, 3.8) is 0 Å². The van der Waals surface area contributed by atoms with Crippen LogP contribution in [0.25, 0.3) is 0 Å². The summed E-state index contributed by atoms with van der Waals surface area (Å²) in [6.45, 7) is 4.70. The molecule has 2 aromatic rings. The third-order valence-electron chi connectivity index (χ3n) is 4.55. The van der Waals surface area contributed by atoms with Crippen molar-refractivity contribution in [1.82, 2.24) is 9.34 Å². The summed E-state index contributed by atoms with van der Waals surface area (Å²) in [7, 11) is -3.03. The lowest BCUT2D eigenvalue weighted by atomic mass is 10.1. The summed E-state index contributed by atoms with van der Waals surface area (Å²) in [5.74, 6) is -0.148. The fourth-order valence-corrected chi connectivity index (χ4v) is 5.17. The number of benzene rings is 2. The second-order valence-corrected chi connectivity index (χ2v) is 9.01. The molecular weight excluding hydrogens is 388 g/mol. The third-order valence-corrected chi connectivity index (χ3v) is 7.37. The molecule has 2 aromatic carbocycles. The summed E-state index contributed by atoms with van der Waals surface area (Å²) in [5, 5.41) is 11.3. The minimum atomic E-state index is -3.03. The highest BCUT2D eigenvalue weighted by Gasteiger charge is 2.50. The molecule has 2 aliphatic rings. The van der Waals surface area contributed by atoms with Crippen LogP contribution in [0.2, 0.25) is 0 Å². The van der Waals surface area contributed by atoms with Crippen LogP contribution in [0.4, 0.5) is 10.1 Å². The Morgan fingerprint density at radius 1 is 1.11 bits per heavy atom. The molecule has 2 aliphatic heterocycles. The standard InChI is InChI=1S/C18H19FN3O5P/c1-13(27-28(25,20-8-9-20)21-10-11-21)14-2-7-17(22(23)24)18(12-14)26-16-5-3-15(19)4-6-16/h2-7,12-13H,8-11H2,1H3. The van der Waals surface area contributed by atoms with E-state index in [0.717, 1.165) is 26.2 Å². The Kier molecular flexibility index (Phi) is 4.93. The van der Waals surface area contributed by atoms with Crippen molar-refractivity contribution in [3.8, 4) is 11.5 Å².